The molecule has 12 heteroatoms. The van der Waals surface area contributed by atoms with E-state index >= 15 is 0 Å². The van der Waals surface area contributed by atoms with Crippen LogP contribution in [0, 0.1) is 17.5 Å². The summed E-state index contributed by atoms with van der Waals surface area (Å²) in [6.07, 6.45) is -0.526. The summed E-state index contributed by atoms with van der Waals surface area (Å²) in [6, 6.07) is 0.0919. The molecule has 1 atom stereocenters. The van der Waals surface area contributed by atoms with E-state index in [2.05, 4.69) is 20.2 Å². The highest BCUT2D eigenvalue weighted by Crippen LogP contribution is 2.20. The second-order valence-corrected chi connectivity index (χ2v) is 6.26. The summed E-state index contributed by atoms with van der Waals surface area (Å²) in [6.45, 7) is -0.0647. The summed E-state index contributed by atoms with van der Waals surface area (Å²) in [5.74, 6) is -3.34. The molecule has 0 bridgehead atoms. The minimum Gasteiger partial charge on any atom is -0.333 e. The lowest BCUT2D eigenvalue weighted by Gasteiger charge is -2.28. The number of halogens is 4. The van der Waals surface area contributed by atoms with Gasteiger partial charge in [-0.1, -0.05) is 5.11 Å². The molecular formula is C16H15F4N7O. The summed E-state index contributed by atoms with van der Waals surface area (Å²) in [7, 11) is 0. The average Bonchev–Trinajstić information content (AvgIpc) is 3.08. The Morgan fingerprint density at radius 1 is 1.21 bits per heavy atom. The van der Waals surface area contributed by atoms with Gasteiger partial charge in [0.05, 0.1) is 12.6 Å². The topological polar surface area (TPSA) is 99.8 Å². The predicted molar refractivity (Wildman–Crippen MR) is 87.8 cm³/mol. The van der Waals surface area contributed by atoms with Crippen molar-refractivity contribution in [3.05, 3.63) is 57.2 Å². The number of carbonyl (C=O) groups is 1. The molecule has 0 saturated carbocycles. The minimum absolute atomic E-state index is 0.106. The van der Waals surface area contributed by atoms with Gasteiger partial charge in [-0.2, -0.15) is 0 Å². The molecule has 1 aliphatic heterocycles. The summed E-state index contributed by atoms with van der Waals surface area (Å²) in [5.41, 5.74) is 8.52. The van der Waals surface area contributed by atoms with Gasteiger partial charge in [0.1, 0.15) is 12.5 Å². The van der Waals surface area contributed by atoms with Crippen LogP contribution in [0.5, 0.6) is 0 Å². The predicted octanol–water partition coefficient (Wildman–Crippen LogP) is 2.82. The Bertz CT molecular complexity index is 941. The highest BCUT2D eigenvalue weighted by Gasteiger charge is 2.26. The SMILES string of the molecule is [N-]=[N+]=N[C@@H](CC(=O)N1CCn2c(CF)nnc2C1)Cc1cc(F)c(F)cc1F. The Morgan fingerprint density at radius 3 is 2.68 bits per heavy atom. The van der Waals surface area contributed by atoms with Crippen LogP contribution in [0.4, 0.5) is 17.6 Å². The molecule has 0 spiro atoms. The zero-order chi connectivity index (χ0) is 20.3. The van der Waals surface area contributed by atoms with Gasteiger partial charge in [-0.25, -0.2) is 17.6 Å². The van der Waals surface area contributed by atoms with Gasteiger partial charge >= 0.3 is 0 Å². The number of hydrogen-bond donors (Lipinski definition) is 0. The molecule has 3 rings (SSSR count). The van der Waals surface area contributed by atoms with Crippen LogP contribution in [-0.2, 0) is 31.0 Å². The molecule has 1 amide bonds. The molecule has 0 radical (unpaired) electrons. The third-order valence-corrected chi connectivity index (χ3v) is 4.47. The van der Waals surface area contributed by atoms with Crippen molar-refractivity contribution in [2.45, 2.75) is 38.6 Å². The molecule has 0 fully saturated rings. The second kappa shape index (κ2) is 8.26. The quantitative estimate of drug-likeness (QED) is 0.246. The maximum Gasteiger partial charge on any atom is 0.223 e. The second-order valence-electron chi connectivity index (χ2n) is 6.26. The number of fused-ring (bicyclic) bond motifs is 1. The van der Waals surface area contributed by atoms with E-state index in [0.717, 1.165) is 0 Å². The van der Waals surface area contributed by atoms with Crippen LogP contribution >= 0.6 is 0 Å². The number of benzene rings is 1. The van der Waals surface area contributed by atoms with Crippen LogP contribution < -0.4 is 0 Å². The van der Waals surface area contributed by atoms with Crippen molar-refractivity contribution in [3.63, 3.8) is 0 Å². The van der Waals surface area contributed by atoms with E-state index in [1.54, 1.807) is 4.57 Å². The number of amides is 1. The first-order chi connectivity index (χ1) is 13.4. The van der Waals surface area contributed by atoms with Crippen molar-refractivity contribution in [2.24, 2.45) is 5.11 Å². The number of hydrogen-bond acceptors (Lipinski definition) is 4. The summed E-state index contributed by atoms with van der Waals surface area (Å²) in [5, 5.41) is 11.0. The molecule has 0 unspecified atom stereocenters. The van der Waals surface area contributed by atoms with Gasteiger partial charge in [-0.05, 0) is 23.6 Å². The summed E-state index contributed by atoms with van der Waals surface area (Å²) >= 11 is 0. The van der Waals surface area contributed by atoms with E-state index in [4.69, 9.17) is 5.53 Å². The van der Waals surface area contributed by atoms with Gasteiger partial charge in [0, 0.05) is 30.5 Å². The molecule has 0 saturated heterocycles. The maximum atomic E-state index is 13.8. The van der Waals surface area contributed by atoms with Crippen LogP contribution in [0.2, 0.25) is 0 Å². The first-order valence-corrected chi connectivity index (χ1v) is 8.35. The van der Waals surface area contributed by atoms with Crippen LogP contribution in [-0.4, -0.2) is 38.2 Å². The number of aromatic nitrogens is 3. The third kappa shape index (κ3) is 4.06. The number of azide groups is 1. The summed E-state index contributed by atoms with van der Waals surface area (Å²) in [4.78, 5) is 16.6. The number of rotatable bonds is 6. The molecule has 8 nitrogen and oxygen atoms in total. The molecule has 28 heavy (non-hydrogen) atoms. The van der Waals surface area contributed by atoms with E-state index < -0.39 is 36.1 Å². The number of nitrogens with zero attached hydrogens (tertiary/aromatic N) is 7. The zero-order valence-electron chi connectivity index (χ0n) is 14.5. The molecule has 2 heterocycles. The van der Waals surface area contributed by atoms with Crippen LogP contribution in [0.1, 0.15) is 23.6 Å². The first-order valence-electron chi connectivity index (χ1n) is 8.35. The van der Waals surface area contributed by atoms with E-state index in [1.807, 2.05) is 0 Å². The molecule has 1 aromatic carbocycles. The highest BCUT2D eigenvalue weighted by atomic mass is 19.2. The highest BCUT2D eigenvalue weighted by molar-refractivity contribution is 5.77. The van der Waals surface area contributed by atoms with E-state index in [-0.39, 0.29) is 37.3 Å². The van der Waals surface area contributed by atoms with Crippen molar-refractivity contribution >= 4 is 5.91 Å². The molecule has 2 aromatic rings. The van der Waals surface area contributed by atoms with Crippen molar-refractivity contribution in [3.8, 4) is 0 Å². The normalized spacial score (nSPS) is 14.4. The van der Waals surface area contributed by atoms with Crippen molar-refractivity contribution < 1.29 is 22.4 Å². The largest absolute Gasteiger partial charge is 0.333 e. The lowest BCUT2D eigenvalue weighted by molar-refractivity contribution is -0.133. The van der Waals surface area contributed by atoms with Crippen molar-refractivity contribution in [2.75, 3.05) is 6.54 Å². The Labute approximate surface area is 156 Å². The Balaban J connectivity index is 1.70. The van der Waals surface area contributed by atoms with Gasteiger partial charge in [0.25, 0.3) is 0 Å². The lowest BCUT2D eigenvalue weighted by atomic mass is 10.0. The molecule has 148 valence electrons. The standard InChI is InChI=1S/C16H15F4N7O/c17-7-14-23-24-15-8-26(1-2-27(14)15)16(28)5-10(22-25-21)3-9-4-12(19)13(20)6-11(9)18/h4,6,10H,1-3,5,7-8H2/t10-/m1/s1. The number of carbonyl (C=O) groups excluding carboxylic acids is 1. The Kier molecular flexibility index (Phi) is 5.78. The van der Waals surface area contributed by atoms with Gasteiger partial charge in [-0.15, -0.1) is 10.2 Å². The molecule has 1 aromatic heterocycles. The fraction of sp³-hybridized carbons (Fsp3) is 0.438. The van der Waals surface area contributed by atoms with Gasteiger partial charge in [0.15, 0.2) is 23.3 Å². The van der Waals surface area contributed by atoms with E-state index in [9.17, 15) is 22.4 Å². The van der Waals surface area contributed by atoms with Crippen LogP contribution in [0.3, 0.4) is 0 Å². The Morgan fingerprint density at radius 2 is 1.96 bits per heavy atom. The fourth-order valence-electron chi connectivity index (χ4n) is 3.06. The lowest BCUT2D eigenvalue weighted by Crippen LogP contribution is -2.40. The van der Waals surface area contributed by atoms with Crippen LogP contribution in [0.25, 0.3) is 10.4 Å². The fourth-order valence-corrected chi connectivity index (χ4v) is 3.06. The van der Waals surface area contributed by atoms with E-state index in [0.29, 0.717) is 24.5 Å². The van der Waals surface area contributed by atoms with E-state index in [1.165, 1.54) is 4.90 Å². The summed E-state index contributed by atoms with van der Waals surface area (Å²) < 4.78 is 54.7. The minimum atomic E-state index is -1.33. The van der Waals surface area contributed by atoms with Gasteiger partial charge in [0.2, 0.25) is 5.91 Å². The first kappa shape index (κ1) is 19.6. The Hall–Kier alpha value is -3.14. The molecular weight excluding hydrogens is 382 g/mol. The average molecular weight is 397 g/mol. The monoisotopic (exact) mass is 397 g/mol. The van der Waals surface area contributed by atoms with Crippen molar-refractivity contribution in [1.82, 2.24) is 19.7 Å². The van der Waals surface area contributed by atoms with Gasteiger partial charge in [-0.3, -0.25) is 4.79 Å². The third-order valence-electron chi connectivity index (χ3n) is 4.47. The molecule has 1 aliphatic rings. The smallest absolute Gasteiger partial charge is 0.223 e. The zero-order valence-corrected chi connectivity index (χ0v) is 14.5. The van der Waals surface area contributed by atoms with Gasteiger partial charge < -0.3 is 9.47 Å². The van der Waals surface area contributed by atoms with Crippen molar-refractivity contribution in [1.29, 1.82) is 0 Å². The molecule has 0 aliphatic carbocycles. The maximum absolute atomic E-state index is 13.8. The number of alkyl halides is 1. The molecule has 0 N–H and O–H groups in total. The van der Waals surface area contributed by atoms with Crippen LogP contribution in [0.15, 0.2) is 17.2 Å².